The van der Waals surface area contributed by atoms with E-state index >= 15 is 0 Å². The van der Waals surface area contributed by atoms with Crippen molar-refractivity contribution in [1.82, 2.24) is 0 Å². The second-order valence-electron chi connectivity index (χ2n) is 2.54. The average molecular weight is 261 g/mol. The minimum atomic E-state index is -0.237. The maximum absolute atomic E-state index is 10.9. The fourth-order valence-corrected chi connectivity index (χ4v) is 1.46. The van der Waals surface area contributed by atoms with Gasteiger partial charge in [0.1, 0.15) is 0 Å². The molecule has 70 valence electrons. The summed E-state index contributed by atoms with van der Waals surface area (Å²) in [6.45, 7) is 0. The average Bonchev–Trinajstić information content (AvgIpc) is 2.11. The maximum atomic E-state index is 10.9. The van der Waals surface area contributed by atoms with Crippen LogP contribution in [-0.2, 0) is 16.0 Å². The van der Waals surface area contributed by atoms with Crippen molar-refractivity contribution in [2.45, 2.75) is 11.3 Å². The standard InChI is InChI=1S/C9H9BrO2S/c1-12-9(11)5-6-2-3-8(13)7(10)4-6/h2-4,13H,5H2,1H3. The molecule has 0 radical (unpaired) electrons. The number of rotatable bonds is 2. The van der Waals surface area contributed by atoms with Crippen molar-refractivity contribution in [2.24, 2.45) is 0 Å². The van der Waals surface area contributed by atoms with E-state index in [2.05, 4.69) is 33.3 Å². The van der Waals surface area contributed by atoms with Crippen LogP contribution in [0.4, 0.5) is 0 Å². The van der Waals surface area contributed by atoms with Crippen LogP contribution in [-0.4, -0.2) is 13.1 Å². The molecule has 1 rings (SSSR count). The van der Waals surface area contributed by atoms with Gasteiger partial charge in [-0.1, -0.05) is 6.07 Å². The van der Waals surface area contributed by atoms with Crippen molar-refractivity contribution < 1.29 is 9.53 Å². The third-order valence-electron chi connectivity index (χ3n) is 1.59. The summed E-state index contributed by atoms with van der Waals surface area (Å²) >= 11 is 7.52. The SMILES string of the molecule is COC(=O)Cc1ccc(S)c(Br)c1. The topological polar surface area (TPSA) is 26.3 Å². The molecule has 0 aliphatic heterocycles. The van der Waals surface area contributed by atoms with Crippen LogP contribution in [0.15, 0.2) is 27.6 Å². The van der Waals surface area contributed by atoms with Crippen molar-refractivity contribution in [3.05, 3.63) is 28.2 Å². The number of hydrogen-bond acceptors (Lipinski definition) is 3. The lowest BCUT2D eigenvalue weighted by Crippen LogP contribution is -2.04. The Bertz CT molecular complexity index is 325. The van der Waals surface area contributed by atoms with Crippen LogP contribution in [0.5, 0.6) is 0 Å². The Morgan fingerprint density at radius 3 is 2.85 bits per heavy atom. The summed E-state index contributed by atoms with van der Waals surface area (Å²) in [7, 11) is 1.38. The lowest BCUT2D eigenvalue weighted by Gasteiger charge is -2.02. The Balaban J connectivity index is 2.79. The van der Waals surface area contributed by atoms with Crippen LogP contribution in [0.1, 0.15) is 5.56 Å². The van der Waals surface area contributed by atoms with Gasteiger partial charge in [-0.05, 0) is 33.6 Å². The molecule has 0 saturated carbocycles. The van der Waals surface area contributed by atoms with E-state index in [4.69, 9.17) is 0 Å². The third kappa shape index (κ3) is 3.04. The van der Waals surface area contributed by atoms with Gasteiger partial charge in [0.25, 0.3) is 0 Å². The zero-order valence-corrected chi connectivity index (χ0v) is 9.56. The zero-order valence-electron chi connectivity index (χ0n) is 7.08. The summed E-state index contributed by atoms with van der Waals surface area (Å²) in [6, 6.07) is 5.55. The first-order valence-corrected chi connectivity index (χ1v) is 4.91. The van der Waals surface area contributed by atoms with Crippen LogP contribution in [0, 0.1) is 0 Å². The number of hydrogen-bond donors (Lipinski definition) is 1. The Morgan fingerprint density at radius 1 is 1.62 bits per heavy atom. The predicted molar refractivity (Wildman–Crippen MR) is 57.1 cm³/mol. The number of halogens is 1. The van der Waals surface area contributed by atoms with Crippen molar-refractivity contribution in [2.75, 3.05) is 7.11 Å². The zero-order chi connectivity index (χ0) is 9.84. The van der Waals surface area contributed by atoms with Gasteiger partial charge in [0.05, 0.1) is 13.5 Å². The molecule has 1 aromatic rings. The van der Waals surface area contributed by atoms with Gasteiger partial charge in [-0.2, -0.15) is 0 Å². The van der Waals surface area contributed by atoms with Crippen molar-refractivity contribution in [3.63, 3.8) is 0 Å². The number of methoxy groups -OCH3 is 1. The van der Waals surface area contributed by atoms with E-state index in [9.17, 15) is 4.79 Å². The molecule has 0 spiro atoms. The van der Waals surface area contributed by atoms with Crippen LogP contribution < -0.4 is 0 Å². The molecule has 0 atom stereocenters. The van der Waals surface area contributed by atoms with E-state index < -0.39 is 0 Å². The molecule has 13 heavy (non-hydrogen) atoms. The van der Waals surface area contributed by atoms with Gasteiger partial charge < -0.3 is 4.74 Å². The Kier molecular flexibility index (Phi) is 3.81. The molecule has 0 aliphatic carbocycles. The largest absolute Gasteiger partial charge is 0.469 e. The van der Waals surface area contributed by atoms with Gasteiger partial charge in [0, 0.05) is 9.37 Å². The first-order valence-electron chi connectivity index (χ1n) is 3.67. The number of thiol groups is 1. The highest BCUT2D eigenvalue weighted by Crippen LogP contribution is 2.21. The van der Waals surface area contributed by atoms with E-state index in [1.165, 1.54) is 7.11 Å². The highest BCUT2D eigenvalue weighted by atomic mass is 79.9. The van der Waals surface area contributed by atoms with Crippen LogP contribution in [0.25, 0.3) is 0 Å². The molecule has 0 unspecified atom stereocenters. The van der Waals surface area contributed by atoms with Gasteiger partial charge in [-0.15, -0.1) is 12.6 Å². The third-order valence-corrected chi connectivity index (χ3v) is 2.94. The fourth-order valence-electron chi connectivity index (χ4n) is 0.899. The van der Waals surface area contributed by atoms with E-state index in [1.54, 1.807) is 0 Å². The Hall–Kier alpha value is -0.480. The molecule has 0 bridgehead atoms. The molecular weight excluding hydrogens is 252 g/mol. The molecule has 0 N–H and O–H groups in total. The minimum Gasteiger partial charge on any atom is -0.469 e. The highest BCUT2D eigenvalue weighted by molar-refractivity contribution is 9.10. The van der Waals surface area contributed by atoms with E-state index in [0.717, 1.165) is 14.9 Å². The minimum absolute atomic E-state index is 0.237. The number of esters is 1. The molecule has 0 fully saturated rings. The van der Waals surface area contributed by atoms with Crippen LogP contribution in [0.2, 0.25) is 0 Å². The quantitative estimate of drug-likeness (QED) is 0.653. The monoisotopic (exact) mass is 260 g/mol. The molecule has 0 aromatic heterocycles. The molecule has 1 aromatic carbocycles. The number of carbonyl (C=O) groups is 1. The van der Waals surface area contributed by atoms with Gasteiger partial charge in [-0.25, -0.2) is 0 Å². The van der Waals surface area contributed by atoms with Crippen molar-refractivity contribution in [1.29, 1.82) is 0 Å². The maximum Gasteiger partial charge on any atom is 0.309 e. The second kappa shape index (κ2) is 4.67. The second-order valence-corrected chi connectivity index (χ2v) is 3.87. The number of carbonyl (C=O) groups excluding carboxylic acids is 1. The summed E-state index contributed by atoms with van der Waals surface area (Å²) in [4.78, 5) is 11.8. The molecular formula is C9H9BrO2S. The Labute approximate surface area is 90.8 Å². The fraction of sp³-hybridized carbons (Fsp3) is 0.222. The molecule has 2 nitrogen and oxygen atoms in total. The number of ether oxygens (including phenoxy) is 1. The lowest BCUT2D eigenvalue weighted by molar-refractivity contribution is -0.139. The van der Waals surface area contributed by atoms with Gasteiger partial charge in [0.2, 0.25) is 0 Å². The normalized spacial score (nSPS) is 9.77. The smallest absolute Gasteiger partial charge is 0.309 e. The van der Waals surface area contributed by atoms with E-state index in [-0.39, 0.29) is 5.97 Å². The first kappa shape index (κ1) is 10.6. The predicted octanol–water partition coefficient (Wildman–Crippen LogP) is 2.45. The van der Waals surface area contributed by atoms with Crippen molar-refractivity contribution >= 4 is 34.5 Å². The number of benzene rings is 1. The molecule has 0 heterocycles. The molecule has 0 amide bonds. The van der Waals surface area contributed by atoms with E-state index in [0.29, 0.717) is 6.42 Å². The first-order chi connectivity index (χ1) is 6.13. The van der Waals surface area contributed by atoms with Gasteiger partial charge in [0.15, 0.2) is 0 Å². The van der Waals surface area contributed by atoms with Gasteiger partial charge >= 0.3 is 5.97 Å². The van der Waals surface area contributed by atoms with E-state index in [1.807, 2.05) is 18.2 Å². The summed E-state index contributed by atoms with van der Waals surface area (Å²) in [5, 5.41) is 0. The summed E-state index contributed by atoms with van der Waals surface area (Å²) in [5.74, 6) is -0.237. The lowest BCUT2D eigenvalue weighted by atomic mass is 10.1. The Morgan fingerprint density at radius 2 is 2.31 bits per heavy atom. The summed E-state index contributed by atoms with van der Waals surface area (Å²) in [5.41, 5.74) is 0.913. The molecule has 0 saturated heterocycles. The highest BCUT2D eigenvalue weighted by Gasteiger charge is 2.03. The summed E-state index contributed by atoms with van der Waals surface area (Å²) in [6.07, 6.45) is 0.295. The van der Waals surface area contributed by atoms with Gasteiger partial charge in [-0.3, -0.25) is 4.79 Å². The van der Waals surface area contributed by atoms with Crippen LogP contribution >= 0.6 is 28.6 Å². The van der Waals surface area contributed by atoms with Crippen molar-refractivity contribution in [3.8, 4) is 0 Å². The van der Waals surface area contributed by atoms with Crippen LogP contribution in [0.3, 0.4) is 0 Å². The molecule has 0 aliphatic rings. The summed E-state index contributed by atoms with van der Waals surface area (Å²) < 4.78 is 5.44. The molecule has 4 heteroatoms.